The smallest absolute Gasteiger partial charge is 0.453 e. The fourth-order valence-electron chi connectivity index (χ4n) is 4.66. The molecule has 0 radical (unpaired) electrons. The molecule has 0 amide bonds. The Hall–Kier alpha value is -2.40. The number of nitrogens with two attached hydrogens (primary N) is 1. The van der Waals surface area contributed by atoms with E-state index in [-0.39, 0.29) is 36.5 Å². The zero-order valence-electron chi connectivity index (χ0n) is 19.4. The van der Waals surface area contributed by atoms with E-state index < -0.39 is 17.5 Å². The Morgan fingerprint density at radius 2 is 1.86 bits per heavy atom. The van der Waals surface area contributed by atoms with E-state index in [4.69, 9.17) is 10.5 Å². The molecule has 0 bridgehead atoms. The summed E-state index contributed by atoms with van der Waals surface area (Å²) in [5, 5.41) is 13.5. The summed E-state index contributed by atoms with van der Waals surface area (Å²) in [5.41, 5.74) is 8.42. The van der Waals surface area contributed by atoms with Crippen LogP contribution in [0.1, 0.15) is 48.7 Å². The van der Waals surface area contributed by atoms with Gasteiger partial charge in [0.25, 0.3) is 5.82 Å². The van der Waals surface area contributed by atoms with Gasteiger partial charge in [0.05, 0.1) is 18.3 Å². The summed E-state index contributed by atoms with van der Waals surface area (Å²) < 4.78 is 47.1. The molecule has 2 aliphatic rings. The third-order valence-corrected chi connectivity index (χ3v) is 6.58. The lowest BCUT2D eigenvalue weighted by atomic mass is 9.75. The summed E-state index contributed by atoms with van der Waals surface area (Å²) in [6.07, 6.45) is -0.308. The van der Waals surface area contributed by atoms with Gasteiger partial charge in [-0.2, -0.15) is 17.9 Å². The minimum absolute atomic E-state index is 0. The van der Waals surface area contributed by atoms with E-state index in [2.05, 4.69) is 20.8 Å². The standard InChI is InChI=1S/C24H27F3N6O.2ClH/c25-24(26,27)22-30-31-32-33(22)19-9-10-20(34-15-16-7-8-16)18(13-19)14-23(28)11-4-12-29-21(23)17-5-2-1-3-6-17;;/h1-3,5-6,9-10,13,16,21,29H,4,7-8,11-12,14-15,28H2;2*1H/t21-,23-;;/m0../s1. The number of ether oxygens (including phenoxy) is 1. The fourth-order valence-corrected chi connectivity index (χ4v) is 4.66. The molecule has 7 nitrogen and oxygen atoms in total. The molecule has 0 unspecified atom stereocenters. The van der Waals surface area contributed by atoms with Crippen LogP contribution in [0.4, 0.5) is 13.2 Å². The van der Waals surface area contributed by atoms with E-state index in [1.165, 1.54) is 0 Å². The first-order chi connectivity index (χ1) is 16.3. The molecule has 1 aromatic heterocycles. The highest BCUT2D eigenvalue weighted by Gasteiger charge is 2.40. The van der Waals surface area contributed by atoms with Gasteiger partial charge in [-0.05, 0) is 84.3 Å². The van der Waals surface area contributed by atoms with E-state index in [1.807, 2.05) is 30.3 Å². The Bertz CT molecular complexity index is 1140. The summed E-state index contributed by atoms with van der Waals surface area (Å²) in [4.78, 5) is 0. The van der Waals surface area contributed by atoms with E-state index in [9.17, 15) is 13.2 Å². The third kappa shape index (κ3) is 6.11. The molecule has 2 aromatic carbocycles. The molecule has 196 valence electrons. The van der Waals surface area contributed by atoms with Crippen LogP contribution in [0, 0.1) is 5.92 Å². The Morgan fingerprint density at radius 3 is 2.56 bits per heavy atom. The number of hydrogen-bond acceptors (Lipinski definition) is 6. The maximum Gasteiger partial charge on any atom is 0.453 e. The quantitative estimate of drug-likeness (QED) is 0.448. The number of halogens is 5. The number of nitrogens with one attached hydrogen (secondary N) is 1. The van der Waals surface area contributed by atoms with Gasteiger partial charge in [0.15, 0.2) is 0 Å². The molecular weight excluding hydrogens is 516 g/mol. The summed E-state index contributed by atoms with van der Waals surface area (Å²) in [6, 6.07) is 14.8. The van der Waals surface area contributed by atoms with Crippen molar-refractivity contribution in [2.45, 2.75) is 49.9 Å². The molecule has 3 N–H and O–H groups in total. The van der Waals surface area contributed by atoms with Crippen LogP contribution in [0.5, 0.6) is 5.75 Å². The lowest BCUT2D eigenvalue weighted by Crippen LogP contribution is -2.56. The van der Waals surface area contributed by atoms with Crippen LogP contribution in [-0.2, 0) is 12.6 Å². The van der Waals surface area contributed by atoms with Gasteiger partial charge in [-0.15, -0.1) is 29.9 Å². The molecule has 12 heteroatoms. The molecule has 36 heavy (non-hydrogen) atoms. The van der Waals surface area contributed by atoms with Crippen LogP contribution in [0.2, 0.25) is 0 Å². The van der Waals surface area contributed by atoms with Crippen LogP contribution in [0.25, 0.3) is 5.69 Å². The molecule has 1 saturated carbocycles. The van der Waals surface area contributed by atoms with Crippen molar-refractivity contribution in [2.75, 3.05) is 13.2 Å². The Kier molecular flexibility index (Phi) is 8.87. The monoisotopic (exact) mass is 544 g/mol. The molecule has 2 fully saturated rings. The number of aromatic nitrogens is 4. The maximum atomic E-state index is 13.4. The number of nitrogens with zero attached hydrogens (tertiary/aromatic N) is 4. The van der Waals surface area contributed by atoms with Crippen molar-refractivity contribution < 1.29 is 17.9 Å². The molecule has 1 aliphatic heterocycles. The highest BCUT2D eigenvalue weighted by Crippen LogP contribution is 2.38. The molecule has 2 atom stereocenters. The predicted molar refractivity (Wildman–Crippen MR) is 134 cm³/mol. The normalized spacial score (nSPS) is 21.8. The topological polar surface area (TPSA) is 90.9 Å². The lowest BCUT2D eigenvalue weighted by Gasteiger charge is -2.42. The van der Waals surface area contributed by atoms with E-state index in [1.54, 1.807) is 18.2 Å². The van der Waals surface area contributed by atoms with Gasteiger partial charge in [0.1, 0.15) is 5.75 Å². The molecule has 0 spiro atoms. The van der Waals surface area contributed by atoms with Gasteiger partial charge in [-0.1, -0.05) is 30.3 Å². The van der Waals surface area contributed by atoms with E-state index in [0.29, 0.717) is 29.4 Å². The van der Waals surface area contributed by atoms with Crippen molar-refractivity contribution >= 4 is 24.8 Å². The molecule has 2 heterocycles. The summed E-state index contributed by atoms with van der Waals surface area (Å²) in [5.74, 6) is -0.00215. The third-order valence-electron chi connectivity index (χ3n) is 6.58. The van der Waals surface area contributed by atoms with Crippen molar-refractivity contribution in [2.24, 2.45) is 11.7 Å². The van der Waals surface area contributed by atoms with Crippen molar-refractivity contribution in [1.82, 2.24) is 25.5 Å². The number of hydrogen-bond donors (Lipinski definition) is 2. The number of alkyl halides is 3. The minimum Gasteiger partial charge on any atom is -0.493 e. The zero-order valence-corrected chi connectivity index (χ0v) is 21.1. The fraction of sp³-hybridized carbons (Fsp3) is 0.458. The summed E-state index contributed by atoms with van der Waals surface area (Å²) in [7, 11) is 0. The van der Waals surface area contributed by atoms with Crippen LogP contribution in [-0.4, -0.2) is 38.9 Å². The van der Waals surface area contributed by atoms with E-state index in [0.717, 1.165) is 43.4 Å². The minimum atomic E-state index is -4.68. The number of tetrazole rings is 1. The Morgan fingerprint density at radius 1 is 1.11 bits per heavy atom. The lowest BCUT2D eigenvalue weighted by molar-refractivity contribution is -0.146. The average Bonchev–Trinajstić information content (AvgIpc) is 3.50. The predicted octanol–water partition coefficient (Wildman–Crippen LogP) is 4.68. The zero-order chi connectivity index (χ0) is 23.8. The summed E-state index contributed by atoms with van der Waals surface area (Å²) >= 11 is 0. The van der Waals surface area contributed by atoms with Crippen molar-refractivity contribution in [3.05, 3.63) is 65.5 Å². The first kappa shape index (κ1) is 28.2. The van der Waals surface area contributed by atoms with Gasteiger partial charge >= 0.3 is 6.18 Å². The van der Waals surface area contributed by atoms with Crippen molar-refractivity contribution in [1.29, 1.82) is 0 Å². The van der Waals surface area contributed by atoms with Crippen molar-refractivity contribution in [3.8, 4) is 11.4 Å². The second-order valence-corrected chi connectivity index (χ2v) is 9.27. The number of benzene rings is 2. The largest absolute Gasteiger partial charge is 0.493 e. The van der Waals surface area contributed by atoms with Crippen LogP contribution < -0.4 is 15.8 Å². The second-order valence-electron chi connectivity index (χ2n) is 9.27. The molecule has 5 rings (SSSR count). The number of piperidine rings is 1. The van der Waals surface area contributed by atoms with Crippen LogP contribution >= 0.6 is 24.8 Å². The molecule has 3 aromatic rings. The number of rotatable bonds is 7. The van der Waals surface area contributed by atoms with E-state index >= 15 is 0 Å². The van der Waals surface area contributed by atoms with Gasteiger partial charge in [0.2, 0.25) is 0 Å². The maximum absolute atomic E-state index is 13.4. The van der Waals surface area contributed by atoms with Gasteiger partial charge in [-0.25, -0.2) is 0 Å². The highest BCUT2D eigenvalue weighted by molar-refractivity contribution is 5.85. The van der Waals surface area contributed by atoms with Gasteiger partial charge in [-0.3, -0.25) is 0 Å². The molecule has 1 aliphatic carbocycles. The second kappa shape index (κ2) is 11.3. The van der Waals surface area contributed by atoms with Gasteiger partial charge in [0, 0.05) is 5.54 Å². The average molecular weight is 545 g/mol. The van der Waals surface area contributed by atoms with Crippen LogP contribution in [0.15, 0.2) is 48.5 Å². The summed E-state index contributed by atoms with van der Waals surface area (Å²) in [6.45, 7) is 1.44. The SMILES string of the molecule is Cl.Cl.N[C@]1(Cc2cc(-n3nnnc3C(F)(F)F)ccc2OCC2CC2)CCCN[C@H]1c1ccccc1. The first-order valence-corrected chi connectivity index (χ1v) is 11.5. The van der Waals surface area contributed by atoms with Gasteiger partial charge < -0.3 is 15.8 Å². The first-order valence-electron chi connectivity index (χ1n) is 11.5. The highest BCUT2D eigenvalue weighted by atomic mass is 35.5. The molecular formula is C24H29Cl2F3N6O. The Labute approximate surface area is 219 Å². The van der Waals surface area contributed by atoms with Crippen LogP contribution in [0.3, 0.4) is 0 Å². The molecule has 1 saturated heterocycles. The van der Waals surface area contributed by atoms with Crippen molar-refractivity contribution in [3.63, 3.8) is 0 Å². The Balaban J connectivity index is 0.00000180.